The molecular weight excluding hydrogens is 164 g/mol. The molecule has 0 radical (unpaired) electrons. The van der Waals surface area contributed by atoms with Gasteiger partial charge < -0.3 is 10.1 Å². The Morgan fingerprint density at radius 1 is 1.54 bits per heavy atom. The molecule has 1 aliphatic heterocycles. The Bertz CT molecular complexity index is 282. The van der Waals surface area contributed by atoms with Crippen LogP contribution in [-0.2, 0) is 0 Å². The van der Waals surface area contributed by atoms with Gasteiger partial charge in [0, 0.05) is 18.3 Å². The summed E-state index contributed by atoms with van der Waals surface area (Å²) in [5, 5.41) is 3.25. The van der Waals surface area contributed by atoms with Crippen LogP contribution in [0.2, 0.25) is 0 Å². The lowest BCUT2D eigenvalue weighted by Gasteiger charge is -2.11. The molecule has 0 saturated carbocycles. The van der Waals surface area contributed by atoms with Crippen molar-refractivity contribution >= 4 is 0 Å². The van der Waals surface area contributed by atoms with Crippen LogP contribution in [0, 0.1) is 6.92 Å². The number of nitrogens with one attached hydrogen (secondary N) is 1. The highest BCUT2D eigenvalue weighted by molar-refractivity contribution is 5.15. The number of aryl methyl sites for hydroxylation is 1. The molecule has 3 nitrogen and oxygen atoms in total. The van der Waals surface area contributed by atoms with E-state index < -0.39 is 0 Å². The highest BCUT2D eigenvalue weighted by atomic mass is 16.5. The lowest BCUT2D eigenvalue weighted by Crippen LogP contribution is -2.20. The number of ether oxygens (including phenoxy) is 1. The van der Waals surface area contributed by atoms with Gasteiger partial charge in [0.1, 0.15) is 6.10 Å². The van der Waals surface area contributed by atoms with Gasteiger partial charge in [-0.05, 0) is 26.0 Å². The molecule has 13 heavy (non-hydrogen) atoms. The summed E-state index contributed by atoms with van der Waals surface area (Å²) >= 11 is 0. The Morgan fingerprint density at radius 3 is 3.15 bits per heavy atom. The molecule has 2 rings (SSSR count). The molecule has 0 aliphatic carbocycles. The van der Waals surface area contributed by atoms with E-state index in [-0.39, 0.29) is 0 Å². The van der Waals surface area contributed by atoms with Crippen molar-refractivity contribution in [3.63, 3.8) is 0 Å². The summed E-state index contributed by atoms with van der Waals surface area (Å²) < 4.78 is 5.68. The maximum Gasteiger partial charge on any atom is 0.213 e. The molecule has 1 saturated heterocycles. The van der Waals surface area contributed by atoms with Crippen LogP contribution in [-0.4, -0.2) is 24.2 Å². The van der Waals surface area contributed by atoms with Crippen LogP contribution in [0.1, 0.15) is 12.1 Å². The van der Waals surface area contributed by atoms with Crippen LogP contribution in [0.25, 0.3) is 0 Å². The normalized spacial score (nSPS) is 21.8. The molecule has 1 fully saturated rings. The van der Waals surface area contributed by atoms with Crippen LogP contribution in [0.5, 0.6) is 5.88 Å². The first-order valence-corrected chi connectivity index (χ1v) is 4.65. The van der Waals surface area contributed by atoms with Crippen LogP contribution in [0.15, 0.2) is 18.2 Å². The number of aromatic nitrogens is 1. The first kappa shape index (κ1) is 8.51. The molecule has 1 N–H and O–H groups in total. The number of rotatable bonds is 2. The summed E-state index contributed by atoms with van der Waals surface area (Å²) in [6.07, 6.45) is 1.38. The van der Waals surface area contributed by atoms with Crippen molar-refractivity contribution in [1.82, 2.24) is 10.3 Å². The van der Waals surface area contributed by atoms with Gasteiger partial charge in [-0.25, -0.2) is 4.98 Å². The average molecular weight is 178 g/mol. The monoisotopic (exact) mass is 178 g/mol. The van der Waals surface area contributed by atoms with Crippen molar-refractivity contribution in [2.45, 2.75) is 19.4 Å². The number of hydrogen-bond donors (Lipinski definition) is 1. The zero-order valence-corrected chi connectivity index (χ0v) is 7.79. The maximum absolute atomic E-state index is 5.68. The molecule has 2 heterocycles. The van der Waals surface area contributed by atoms with Crippen LogP contribution in [0.3, 0.4) is 0 Å². The SMILES string of the molecule is Cc1cccc(O[C@H]2CCNC2)n1. The fraction of sp³-hybridized carbons (Fsp3) is 0.500. The molecule has 3 heteroatoms. The minimum atomic E-state index is 0.300. The van der Waals surface area contributed by atoms with Gasteiger partial charge in [0.05, 0.1) is 0 Å². The van der Waals surface area contributed by atoms with E-state index in [0.29, 0.717) is 6.10 Å². The lowest BCUT2D eigenvalue weighted by atomic mass is 10.3. The van der Waals surface area contributed by atoms with Gasteiger partial charge in [-0.15, -0.1) is 0 Å². The first-order chi connectivity index (χ1) is 6.34. The Kier molecular flexibility index (Phi) is 2.45. The van der Waals surface area contributed by atoms with Gasteiger partial charge in [-0.1, -0.05) is 6.07 Å². The molecule has 70 valence electrons. The third kappa shape index (κ3) is 2.18. The smallest absolute Gasteiger partial charge is 0.213 e. The maximum atomic E-state index is 5.68. The largest absolute Gasteiger partial charge is 0.473 e. The van der Waals surface area contributed by atoms with E-state index in [9.17, 15) is 0 Å². The highest BCUT2D eigenvalue weighted by Gasteiger charge is 2.15. The molecule has 0 amide bonds. The minimum Gasteiger partial charge on any atom is -0.473 e. The highest BCUT2D eigenvalue weighted by Crippen LogP contribution is 2.12. The zero-order valence-electron chi connectivity index (χ0n) is 7.79. The number of nitrogens with zero attached hydrogens (tertiary/aromatic N) is 1. The predicted molar refractivity (Wildman–Crippen MR) is 50.9 cm³/mol. The summed E-state index contributed by atoms with van der Waals surface area (Å²) in [5.41, 5.74) is 1.00. The van der Waals surface area contributed by atoms with Gasteiger partial charge >= 0.3 is 0 Å². The molecular formula is C10H14N2O. The third-order valence-electron chi connectivity index (χ3n) is 2.17. The van der Waals surface area contributed by atoms with E-state index in [1.807, 2.05) is 25.1 Å². The van der Waals surface area contributed by atoms with Crippen molar-refractivity contribution in [1.29, 1.82) is 0 Å². The van der Waals surface area contributed by atoms with E-state index in [1.54, 1.807) is 0 Å². The number of hydrogen-bond acceptors (Lipinski definition) is 3. The molecule has 0 unspecified atom stereocenters. The summed E-state index contributed by atoms with van der Waals surface area (Å²) in [7, 11) is 0. The quantitative estimate of drug-likeness (QED) is 0.737. The molecule has 0 aromatic carbocycles. The Balaban J connectivity index is 2.00. The van der Waals surface area contributed by atoms with Crippen molar-refractivity contribution in [3.8, 4) is 5.88 Å². The average Bonchev–Trinajstić information content (AvgIpc) is 2.57. The van der Waals surface area contributed by atoms with Crippen LogP contribution < -0.4 is 10.1 Å². The molecule has 1 aromatic heterocycles. The topological polar surface area (TPSA) is 34.1 Å². The van der Waals surface area contributed by atoms with Gasteiger partial charge in [-0.2, -0.15) is 0 Å². The van der Waals surface area contributed by atoms with E-state index in [0.717, 1.165) is 31.1 Å². The first-order valence-electron chi connectivity index (χ1n) is 4.65. The summed E-state index contributed by atoms with van der Waals surface area (Å²) in [5.74, 6) is 0.744. The molecule has 1 aliphatic rings. The van der Waals surface area contributed by atoms with E-state index in [4.69, 9.17) is 4.74 Å². The molecule has 0 spiro atoms. The Hall–Kier alpha value is -1.09. The molecule has 1 aromatic rings. The molecule has 1 atom stereocenters. The predicted octanol–water partition coefficient (Wildman–Crippen LogP) is 1.13. The van der Waals surface area contributed by atoms with Crippen molar-refractivity contribution in [2.24, 2.45) is 0 Å². The second-order valence-electron chi connectivity index (χ2n) is 3.35. The summed E-state index contributed by atoms with van der Waals surface area (Å²) in [6.45, 7) is 3.96. The van der Waals surface area contributed by atoms with E-state index in [1.165, 1.54) is 0 Å². The summed E-state index contributed by atoms with van der Waals surface area (Å²) in [6, 6.07) is 5.85. The van der Waals surface area contributed by atoms with Gasteiger partial charge in [0.15, 0.2) is 0 Å². The van der Waals surface area contributed by atoms with Gasteiger partial charge in [0.25, 0.3) is 0 Å². The molecule has 0 bridgehead atoms. The van der Waals surface area contributed by atoms with Gasteiger partial charge in [0.2, 0.25) is 5.88 Å². The fourth-order valence-electron chi connectivity index (χ4n) is 1.48. The van der Waals surface area contributed by atoms with Crippen molar-refractivity contribution < 1.29 is 4.74 Å². The standard InChI is InChI=1S/C10H14N2O/c1-8-3-2-4-10(12-8)13-9-5-6-11-7-9/h2-4,9,11H,5-7H2,1H3/t9-/m0/s1. The van der Waals surface area contributed by atoms with E-state index in [2.05, 4.69) is 10.3 Å². The second kappa shape index (κ2) is 3.75. The number of pyridine rings is 1. The Labute approximate surface area is 78.1 Å². The van der Waals surface area contributed by atoms with Gasteiger partial charge in [-0.3, -0.25) is 0 Å². The zero-order chi connectivity index (χ0) is 9.10. The van der Waals surface area contributed by atoms with Crippen molar-refractivity contribution in [3.05, 3.63) is 23.9 Å². The Morgan fingerprint density at radius 2 is 2.46 bits per heavy atom. The summed E-state index contributed by atoms with van der Waals surface area (Å²) in [4.78, 5) is 4.29. The third-order valence-corrected chi connectivity index (χ3v) is 2.17. The second-order valence-corrected chi connectivity index (χ2v) is 3.35. The minimum absolute atomic E-state index is 0.300. The van der Waals surface area contributed by atoms with Crippen molar-refractivity contribution in [2.75, 3.05) is 13.1 Å². The lowest BCUT2D eigenvalue weighted by molar-refractivity contribution is 0.213. The van der Waals surface area contributed by atoms with Crippen LogP contribution >= 0.6 is 0 Å². The fourth-order valence-corrected chi connectivity index (χ4v) is 1.48. The van der Waals surface area contributed by atoms with E-state index >= 15 is 0 Å². The van der Waals surface area contributed by atoms with Crippen LogP contribution in [0.4, 0.5) is 0 Å².